The molecule has 0 aromatic heterocycles. The van der Waals surface area contributed by atoms with Crippen LogP contribution in [0.5, 0.6) is 0 Å². The Morgan fingerprint density at radius 2 is 2.20 bits per heavy atom. The zero-order valence-corrected chi connectivity index (χ0v) is 12.0. The van der Waals surface area contributed by atoms with E-state index in [1.54, 1.807) is 18.1 Å². The molecule has 1 aromatic rings. The number of carbonyl (C=O) groups is 1. The van der Waals surface area contributed by atoms with Crippen molar-refractivity contribution in [3.8, 4) is 6.07 Å². The molecule has 2 N–H and O–H groups in total. The molecule has 0 saturated heterocycles. The van der Waals surface area contributed by atoms with Gasteiger partial charge in [-0.05, 0) is 18.6 Å². The van der Waals surface area contributed by atoms with Gasteiger partial charge in [0.15, 0.2) is 0 Å². The predicted octanol–water partition coefficient (Wildman–Crippen LogP) is 1.27. The number of amides is 1. The summed E-state index contributed by atoms with van der Waals surface area (Å²) in [6, 6.07) is 9.45. The van der Waals surface area contributed by atoms with E-state index in [2.05, 4.69) is 6.07 Å². The Bertz CT molecular complexity index is 478. The molecule has 1 rings (SSSR count). The third kappa shape index (κ3) is 4.34. The highest BCUT2D eigenvalue weighted by Gasteiger charge is 2.18. The lowest BCUT2D eigenvalue weighted by Gasteiger charge is -2.23. The molecule has 1 aromatic carbocycles. The molecule has 0 spiro atoms. The van der Waals surface area contributed by atoms with Gasteiger partial charge in [-0.1, -0.05) is 18.2 Å². The molecule has 108 valence electrons. The molecule has 1 unspecified atom stereocenters. The van der Waals surface area contributed by atoms with E-state index < -0.39 is 0 Å². The quantitative estimate of drug-likeness (QED) is 0.812. The van der Waals surface area contributed by atoms with Gasteiger partial charge in [0.25, 0.3) is 0 Å². The Labute approximate surface area is 119 Å². The molecule has 0 aliphatic carbocycles. The Hall–Kier alpha value is -1.90. The van der Waals surface area contributed by atoms with Gasteiger partial charge in [0.2, 0.25) is 5.91 Å². The van der Waals surface area contributed by atoms with Gasteiger partial charge in [-0.25, -0.2) is 0 Å². The van der Waals surface area contributed by atoms with Crippen LogP contribution in [0.1, 0.15) is 24.5 Å². The Morgan fingerprint density at radius 1 is 1.50 bits per heavy atom. The third-order valence-corrected chi connectivity index (χ3v) is 3.23. The highest BCUT2D eigenvalue weighted by molar-refractivity contribution is 5.76. The largest absolute Gasteiger partial charge is 0.380 e. The molecule has 0 bridgehead atoms. The standard InChI is InChI=1S/C15H21N3O2/c1-3-18(15(19)8-14(10-17)20-2)11-13-7-5-4-6-12(13)9-16/h4-7,14H,3,8,10-11,17H2,1-2H3. The normalized spacial score (nSPS) is 11.7. The van der Waals surface area contributed by atoms with Crippen LogP contribution in [0.25, 0.3) is 0 Å². The first kappa shape index (κ1) is 16.2. The number of nitriles is 1. The summed E-state index contributed by atoms with van der Waals surface area (Å²) >= 11 is 0. The van der Waals surface area contributed by atoms with Crippen LogP contribution in [0, 0.1) is 11.3 Å². The van der Waals surface area contributed by atoms with Crippen LogP contribution in [0.4, 0.5) is 0 Å². The number of hydrogen-bond acceptors (Lipinski definition) is 4. The number of benzene rings is 1. The number of carbonyl (C=O) groups excluding carboxylic acids is 1. The lowest BCUT2D eigenvalue weighted by atomic mass is 10.1. The monoisotopic (exact) mass is 275 g/mol. The topological polar surface area (TPSA) is 79.4 Å². The van der Waals surface area contributed by atoms with Crippen molar-refractivity contribution < 1.29 is 9.53 Å². The van der Waals surface area contributed by atoms with Gasteiger partial charge < -0.3 is 15.4 Å². The van der Waals surface area contributed by atoms with E-state index in [0.717, 1.165) is 5.56 Å². The van der Waals surface area contributed by atoms with Crippen molar-refractivity contribution in [3.05, 3.63) is 35.4 Å². The Morgan fingerprint density at radius 3 is 2.75 bits per heavy atom. The first-order chi connectivity index (χ1) is 9.65. The second-order valence-electron chi connectivity index (χ2n) is 4.47. The van der Waals surface area contributed by atoms with Crippen molar-refractivity contribution in [2.75, 3.05) is 20.2 Å². The minimum absolute atomic E-state index is 0.0162. The fraction of sp³-hybridized carbons (Fsp3) is 0.467. The minimum atomic E-state index is -0.261. The van der Waals surface area contributed by atoms with E-state index in [0.29, 0.717) is 25.2 Å². The fourth-order valence-corrected chi connectivity index (χ4v) is 1.94. The maximum absolute atomic E-state index is 12.2. The van der Waals surface area contributed by atoms with Crippen molar-refractivity contribution in [2.45, 2.75) is 26.0 Å². The number of rotatable bonds is 7. The van der Waals surface area contributed by atoms with Crippen LogP contribution in [-0.4, -0.2) is 37.1 Å². The van der Waals surface area contributed by atoms with Crippen LogP contribution in [0.3, 0.4) is 0 Å². The second kappa shape index (κ2) is 8.31. The summed E-state index contributed by atoms with van der Waals surface area (Å²) in [5.41, 5.74) is 6.98. The van der Waals surface area contributed by atoms with E-state index in [1.165, 1.54) is 0 Å². The highest BCUT2D eigenvalue weighted by Crippen LogP contribution is 2.12. The minimum Gasteiger partial charge on any atom is -0.380 e. The number of nitrogens with two attached hydrogens (primary N) is 1. The smallest absolute Gasteiger partial charge is 0.225 e. The molecule has 5 nitrogen and oxygen atoms in total. The molecule has 0 aliphatic heterocycles. The lowest BCUT2D eigenvalue weighted by Crippen LogP contribution is -2.35. The van der Waals surface area contributed by atoms with Crippen molar-refractivity contribution >= 4 is 5.91 Å². The summed E-state index contributed by atoms with van der Waals surface area (Å²) in [4.78, 5) is 13.9. The summed E-state index contributed by atoms with van der Waals surface area (Å²) in [6.45, 7) is 3.24. The summed E-state index contributed by atoms with van der Waals surface area (Å²) in [5.74, 6) is -0.0162. The molecule has 0 heterocycles. The third-order valence-electron chi connectivity index (χ3n) is 3.23. The average Bonchev–Trinajstić information content (AvgIpc) is 2.50. The van der Waals surface area contributed by atoms with Crippen molar-refractivity contribution in [1.82, 2.24) is 4.90 Å². The molecular formula is C15H21N3O2. The first-order valence-electron chi connectivity index (χ1n) is 6.64. The van der Waals surface area contributed by atoms with Gasteiger partial charge in [0.1, 0.15) is 0 Å². The van der Waals surface area contributed by atoms with Crippen LogP contribution >= 0.6 is 0 Å². The van der Waals surface area contributed by atoms with Crippen LogP contribution < -0.4 is 5.73 Å². The van der Waals surface area contributed by atoms with Gasteiger partial charge in [-0.2, -0.15) is 5.26 Å². The number of hydrogen-bond donors (Lipinski definition) is 1. The van der Waals surface area contributed by atoms with Gasteiger partial charge >= 0.3 is 0 Å². The molecule has 20 heavy (non-hydrogen) atoms. The predicted molar refractivity (Wildman–Crippen MR) is 76.7 cm³/mol. The van der Waals surface area contributed by atoms with Gasteiger partial charge in [-0.3, -0.25) is 4.79 Å². The van der Waals surface area contributed by atoms with Crippen LogP contribution in [0.2, 0.25) is 0 Å². The summed E-state index contributed by atoms with van der Waals surface area (Å²) in [5, 5.41) is 9.07. The molecular weight excluding hydrogens is 254 g/mol. The molecule has 1 amide bonds. The van der Waals surface area contributed by atoms with E-state index in [9.17, 15) is 4.79 Å². The van der Waals surface area contributed by atoms with Crippen molar-refractivity contribution in [3.63, 3.8) is 0 Å². The molecule has 0 saturated carbocycles. The van der Waals surface area contributed by atoms with E-state index in [1.807, 2.05) is 25.1 Å². The van der Waals surface area contributed by atoms with E-state index in [-0.39, 0.29) is 18.4 Å². The SMILES string of the molecule is CCN(Cc1ccccc1C#N)C(=O)CC(CN)OC. The summed E-state index contributed by atoms with van der Waals surface area (Å²) in [6.07, 6.45) is -0.00185. The van der Waals surface area contributed by atoms with Gasteiger partial charge in [0, 0.05) is 26.7 Å². The van der Waals surface area contributed by atoms with Crippen LogP contribution in [0.15, 0.2) is 24.3 Å². The molecule has 0 aliphatic rings. The first-order valence-corrected chi connectivity index (χ1v) is 6.64. The van der Waals surface area contributed by atoms with Crippen molar-refractivity contribution in [2.24, 2.45) is 5.73 Å². The van der Waals surface area contributed by atoms with Gasteiger partial charge in [0.05, 0.1) is 24.2 Å². The van der Waals surface area contributed by atoms with Gasteiger partial charge in [-0.15, -0.1) is 0 Å². The maximum atomic E-state index is 12.2. The molecule has 5 heteroatoms. The zero-order valence-electron chi connectivity index (χ0n) is 12.0. The van der Waals surface area contributed by atoms with E-state index in [4.69, 9.17) is 15.7 Å². The maximum Gasteiger partial charge on any atom is 0.225 e. The number of nitrogens with zero attached hydrogens (tertiary/aromatic N) is 2. The fourth-order valence-electron chi connectivity index (χ4n) is 1.94. The number of methoxy groups -OCH3 is 1. The summed E-state index contributed by atoms with van der Waals surface area (Å²) in [7, 11) is 1.55. The summed E-state index contributed by atoms with van der Waals surface area (Å²) < 4.78 is 5.14. The number of ether oxygens (including phenoxy) is 1. The lowest BCUT2D eigenvalue weighted by molar-refractivity contribution is -0.134. The second-order valence-corrected chi connectivity index (χ2v) is 4.47. The zero-order chi connectivity index (χ0) is 15.0. The highest BCUT2D eigenvalue weighted by atomic mass is 16.5. The van der Waals surface area contributed by atoms with Crippen LogP contribution in [-0.2, 0) is 16.1 Å². The van der Waals surface area contributed by atoms with E-state index >= 15 is 0 Å². The molecule has 1 atom stereocenters. The Kier molecular flexibility index (Phi) is 6.71. The molecule has 0 radical (unpaired) electrons. The molecule has 0 fully saturated rings. The van der Waals surface area contributed by atoms with Crippen molar-refractivity contribution in [1.29, 1.82) is 5.26 Å². The Balaban J connectivity index is 2.76. The average molecular weight is 275 g/mol.